The minimum atomic E-state index is -1.32. The molecule has 1 aromatic heterocycles. The van der Waals surface area contributed by atoms with Gasteiger partial charge in [0.05, 0.1) is 5.56 Å². The van der Waals surface area contributed by atoms with E-state index in [1.54, 1.807) is 24.3 Å². The maximum atomic E-state index is 12.9. The molecule has 7 N–H and O–H groups in total. The predicted molar refractivity (Wildman–Crippen MR) is 116 cm³/mol. The van der Waals surface area contributed by atoms with Crippen molar-refractivity contribution >= 4 is 29.6 Å². The highest BCUT2D eigenvalue weighted by Crippen LogP contribution is 2.33. The van der Waals surface area contributed by atoms with Gasteiger partial charge in [-0.15, -0.1) is 0 Å². The maximum Gasteiger partial charge on any atom is 0.326 e. The highest BCUT2D eigenvalue weighted by molar-refractivity contribution is 5.98. The molecule has 3 rings (SSSR count). The van der Waals surface area contributed by atoms with Gasteiger partial charge in [0.25, 0.3) is 11.5 Å². The fourth-order valence-corrected chi connectivity index (χ4v) is 3.88. The zero-order chi connectivity index (χ0) is 23.4. The van der Waals surface area contributed by atoms with Gasteiger partial charge in [-0.25, -0.2) is 4.79 Å². The van der Waals surface area contributed by atoms with Crippen molar-refractivity contribution in [3.8, 4) is 0 Å². The first-order chi connectivity index (χ1) is 15.2. The molecule has 2 heterocycles. The number of aliphatic carboxylic acids is 2. The molecule has 0 radical (unpaired) electrons. The molecule has 2 aromatic rings. The molecule has 0 bridgehead atoms. The summed E-state index contributed by atoms with van der Waals surface area (Å²) in [7, 11) is 0. The number of amides is 1. The third-order valence-corrected chi connectivity index (χ3v) is 5.69. The first-order valence-electron chi connectivity index (χ1n) is 10.1. The summed E-state index contributed by atoms with van der Waals surface area (Å²) in [5.74, 6) is -2.75. The molecule has 11 nitrogen and oxygen atoms in total. The zero-order valence-electron chi connectivity index (χ0n) is 17.4. The lowest BCUT2D eigenvalue weighted by atomic mass is 9.80. The van der Waals surface area contributed by atoms with Crippen molar-refractivity contribution in [3.05, 3.63) is 51.3 Å². The van der Waals surface area contributed by atoms with Crippen LogP contribution in [0.3, 0.4) is 0 Å². The van der Waals surface area contributed by atoms with Crippen LogP contribution in [0.2, 0.25) is 0 Å². The van der Waals surface area contributed by atoms with E-state index in [1.165, 1.54) is 0 Å². The molecule has 170 valence electrons. The number of aromatic nitrogens is 2. The molecule has 1 aromatic carbocycles. The lowest BCUT2D eigenvalue weighted by Gasteiger charge is -2.30. The summed E-state index contributed by atoms with van der Waals surface area (Å²) in [5.41, 5.74) is 6.77. The summed E-state index contributed by atoms with van der Waals surface area (Å²) in [4.78, 5) is 54.0. The Kier molecular flexibility index (Phi) is 6.76. The molecule has 1 amide bonds. The Labute approximate surface area is 183 Å². The molecule has 0 fully saturated rings. The summed E-state index contributed by atoms with van der Waals surface area (Å²) in [6.07, 6.45) is -0.176. The maximum absolute atomic E-state index is 12.9. The molecule has 0 aliphatic carbocycles. The quantitative estimate of drug-likeness (QED) is 0.343. The summed E-state index contributed by atoms with van der Waals surface area (Å²) in [5, 5.41) is 23.7. The second-order valence-electron chi connectivity index (χ2n) is 7.80. The number of hydrogen-bond acceptors (Lipinski definition) is 7. The van der Waals surface area contributed by atoms with E-state index in [2.05, 4.69) is 20.6 Å². The van der Waals surface area contributed by atoms with Gasteiger partial charge in [0.2, 0.25) is 5.95 Å². The number of nitrogens with two attached hydrogens (primary N) is 1. The number of rotatable bonds is 8. The summed E-state index contributed by atoms with van der Waals surface area (Å²) >= 11 is 0. The minimum Gasteiger partial charge on any atom is -0.481 e. The Morgan fingerprint density at radius 2 is 2.00 bits per heavy atom. The van der Waals surface area contributed by atoms with Gasteiger partial charge in [-0.3, -0.25) is 19.4 Å². The third-order valence-electron chi connectivity index (χ3n) is 5.69. The fraction of sp³-hybridized carbons (Fsp3) is 0.381. The first kappa shape index (κ1) is 22.8. The molecule has 0 spiro atoms. The van der Waals surface area contributed by atoms with E-state index < -0.39 is 23.9 Å². The monoisotopic (exact) mass is 443 g/mol. The average molecular weight is 443 g/mol. The van der Waals surface area contributed by atoms with E-state index in [9.17, 15) is 24.3 Å². The normalized spacial score (nSPS) is 16.8. The summed E-state index contributed by atoms with van der Waals surface area (Å²) in [6, 6.07) is 5.51. The lowest BCUT2D eigenvalue weighted by molar-refractivity contribution is -0.140. The fourth-order valence-electron chi connectivity index (χ4n) is 3.88. The minimum absolute atomic E-state index is 0.0330. The summed E-state index contributed by atoms with van der Waals surface area (Å²) < 4.78 is 0. The predicted octanol–water partition coefficient (Wildman–Crippen LogP) is 0.788. The van der Waals surface area contributed by atoms with Gasteiger partial charge in [0, 0.05) is 18.5 Å². The van der Waals surface area contributed by atoms with Gasteiger partial charge < -0.3 is 26.6 Å². The van der Waals surface area contributed by atoms with Crippen molar-refractivity contribution in [1.82, 2.24) is 15.3 Å². The van der Waals surface area contributed by atoms with Gasteiger partial charge in [0.15, 0.2) is 0 Å². The van der Waals surface area contributed by atoms with Crippen LogP contribution in [0.5, 0.6) is 0 Å². The SMILES string of the molecule is CC(c1ccccc1C(=O)NC(CCC(=O)O)C(=O)O)C1CNc2nc(N)[nH]c(=O)c2C1. The lowest BCUT2D eigenvalue weighted by Crippen LogP contribution is -2.41. The number of nitrogen functional groups attached to an aromatic ring is 1. The second kappa shape index (κ2) is 9.50. The number of carboxylic acid groups (broad SMARTS) is 2. The Hall–Kier alpha value is -3.89. The van der Waals surface area contributed by atoms with Gasteiger partial charge in [0.1, 0.15) is 11.9 Å². The molecule has 3 unspecified atom stereocenters. The van der Waals surface area contributed by atoms with E-state index in [1.807, 2.05) is 6.92 Å². The van der Waals surface area contributed by atoms with Gasteiger partial charge >= 0.3 is 11.9 Å². The van der Waals surface area contributed by atoms with E-state index in [0.29, 0.717) is 35.5 Å². The first-order valence-corrected chi connectivity index (χ1v) is 10.1. The average Bonchev–Trinajstić information content (AvgIpc) is 2.75. The van der Waals surface area contributed by atoms with Gasteiger partial charge in [-0.1, -0.05) is 25.1 Å². The summed E-state index contributed by atoms with van der Waals surface area (Å²) in [6.45, 7) is 2.44. The van der Waals surface area contributed by atoms with Gasteiger partial charge in [-0.2, -0.15) is 4.98 Å². The Bertz CT molecular complexity index is 1100. The van der Waals surface area contributed by atoms with Gasteiger partial charge in [-0.05, 0) is 36.3 Å². The number of H-pyrrole nitrogens is 1. The second-order valence-corrected chi connectivity index (χ2v) is 7.80. The number of benzene rings is 1. The number of aromatic amines is 1. The van der Waals surface area contributed by atoms with Crippen molar-refractivity contribution in [1.29, 1.82) is 0 Å². The van der Waals surface area contributed by atoms with Crippen LogP contribution in [-0.4, -0.2) is 50.6 Å². The van der Waals surface area contributed by atoms with Crippen LogP contribution in [0.4, 0.5) is 11.8 Å². The molecular formula is C21H25N5O6. The van der Waals surface area contributed by atoms with Crippen LogP contribution in [0.25, 0.3) is 0 Å². The van der Waals surface area contributed by atoms with Crippen molar-refractivity contribution in [3.63, 3.8) is 0 Å². The number of carbonyl (C=O) groups is 3. The van der Waals surface area contributed by atoms with Crippen molar-refractivity contribution < 1.29 is 24.6 Å². The van der Waals surface area contributed by atoms with Crippen LogP contribution in [0.15, 0.2) is 29.1 Å². The van der Waals surface area contributed by atoms with Crippen LogP contribution < -0.4 is 21.9 Å². The molecule has 1 aliphatic rings. The zero-order valence-corrected chi connectivity index (χ0v) is 17.4. The standard InChI is InChI=1S/C21H25N5O6/c1-10(11-8-14-17(23-9-11)25-21(22)26-19(14)30)12-4-2-3-5-13(12)18(29)24-15(20(31)32)6-7-16(27)28/h2-5,10-11,15H,6-9H2,1H3,(H,24,29)(H,27,28)(H,31,32)(H4,22,23,25,26,30). The molecular weight excluding hydrogens is 418 g/mol. The number of anilines is 2. The molecule has 11 heteroatoms. The Morgan fingerprint density at radius 3 is 2.69 bits per heavy atom. The smallest absolute Gasteiger partial charge is 0.326 e. The highest BCUT2D eigenvalue weighted by atomic mass is 16.4. The largest absolute Gasteiger partial charge is 0.481 e. The Balaban J connectivity index is 1.81. The Morgan fingerprint density at radius 1 is 1.28 bits per heavy atom. The van der Waals surface area contributed by atoms with Crippen molar-refractivity contribution in [2.75, 3.05) is 17.6 Å². The topological polar surface area (TPSA) is 188 Å². The van der Waals surface area contributed by atoms with Crippen molar-refractivity contribution in [2.45, 2.75) is 38.1 Å². The molecule has 32 heavy (non-hydrogen) atoms. The number of carboxylic acids is 2. The molecule has 1 aliphatic heterocycles. The van der Waals surface area contributed by atoms with E-state index >= 15 is 0 Å². The molecule has 0 saturated heterocycles. The number of fused-ring (bicyclic) bond motifs is 1. The number of nitrogens with one attached hydrogen (secondary N) is 3. The number of hydrogen-bond donors (Lipinski definition) is 6. The van der Waals surface area contributed by atoms with E-state index in [-0.39, 0.29) is 36.2 Å². The number of nitrogens with zero attached hydrogens (tertiary/aromatic N) is 1. The van der Waals surface area contributed by atoms with Crippen LogP contribution in [-0.2, 0) is 16.0 Å². The van der Waals surface area contributed by atoms with Crippen molar-refractivity contribution in [2.24, 2.45) is 5.92 Å². The van der Waals surface area contributed by atoms with E-state index in [0.717, 1.165) is 0 Å². The molecule has 3 atom stereocenters. The van der Waals surface area contributed by atoms with Crippen LogP contribution in [0.1, 0.15) is 47.2 Å². The van der Waals surface area contributed by atoms with E-state index in [4.69, 9.17) is 10.8 Å². The van der Waals surface area contributed by atoms with Crippen LogP contribution in [0, 0.1) is 5.92 Å². The third kappa shape index (κ3) is 5.05. The van der Waals surface area contributed by atoms with Crippen LogP contribution >= 0.6 is 0 Å². The highest BCUT2D eigenvalue weighted by Gasteiger charge is 2.30. The number of carbonyl (C=O) groups excluding carboxylic acids is 1. The molecule has 0 saturated carbocycles.